The highest BCUT2D eigenvalue weighted by atomic mass is 16.3. The lowest BCUT2D eigenvalue weighted by atomic mass is 10.2. The monoisotopic (exact) mass is 273 g/mol. The van der Waals surface area contributed by atoms with Gasteiger partial charge >= 0.3 is 0 Å². The largest absolute Gasteiger partial charge is 0.392 e. The van der Waals surface area contributed by atoms with Crippen LogP contribution in [0.2, 0.25) is 0 Å². The van der Waals surface area contributed by atoms with Gasteiger partial charge in [-0.05, 0) is 36.8 Å². The summed E-state index contributed by atoms with van der Waals surface area (Å²) < 4.78 is 2.09. The number of pyridine rings is 1. The molecule has 2 aromatic heterocycles. The molecule has 20 heavy (non-hydrogen) atoms. The zero-order valence-electron chi connectivity index (χ0n) is 12.2. The molecule has 1 fully saturated rings. The topological polar surface area (TPSA) is 49.6 Å². The number of nitrogens with one attached hydrogen (secondary N) is 1. The second kappa shape index (κ2) is 5.54. The highest BCUT2D eigenvalue weighted by Gasteiger charge is 2.24. The molecule has 4 nitrogen and oxygen atoms in total. The molecular weight excluding hydrogens is 250 g/mol. The Bertz CT molecular complexity index is 590. The van der Waals surface area contributed by atoms with Crippen LogP contribution in [0.1, 0.15) is 50.3 Å². The number of rotatable bonds is 4. The van der Waals surface area contributed by atoms with Gasteiger partial charge in [0, 0.05) is 25.0 Å². The number of hydrogen-bond acceptors (Lipinski definition) is 3. The summed E-state index contributed by atoms with van der Waals surface area (Å²) in [6, 6.07) is 4.43. The first-order chi connectivity index (χ1) is 9.63. The van der Waals surface area contributed by atoms with E-state index in [-0.39, 0.29) is 12.1 Å². The van der Waals surface area contributed by atoms with Crippen LogP contribution in [-0.4, -0.2) is 26.6 Å². The van der Waals surface area contributed by atoms with E-state index < -0.39 is 0 Å². The van der Waals surface area contributed by atoms with E-state index in [4.69, 9.17) is 0 Å². The zero-order valence-corrected chi connectivity index (χ0v) is 12.2. The summed E-state index contributed by atoms with van der Waals surface area (Å²) >= 11 is 0. The number of aromatic nitrogens is 2. The summed E-state index contributed by atoms with van der Waals surface area (Å²) in [5.41, 5.74) is 3.35. The van der Waals surface area contributed by atoms with E-state index in [1.165, 1.54) is 5.56 Å². The van der Waals surface area contributed by atoms with Crippen molar-refractivity contribution >= 4 is 5.65 Å². The fraction of sp³-hybridized carbons (Fsp3) is 0.562. The second-order valence-corrected chi connectivity index (χ2v) is 6.11. The molecule has 1 aliphatic rings. The maximum absolute atomic E-state index is 9.83. The quantitative estimate of drug-likeness (QED) is 0.899. The highest BCUT2D eigenvalue weighted by molar-refractivity contribution is 5.41. The molecule has 3 rings (SSSR count). The number of hydrogen-bond donors (Lipinski definition) is 2. The average Bonchev–Trinajstić information content (AvgIpc) is 3.01. The fourth-order valence-electron chi connectivity index (χ4n) is 2.87. The van der Waals surface area contributed by atoms with Crippen molar-refractivity contribution < 1.29 is 5.11 Å². The van der Waals surface area contributed by atoms with Crippen molar-refractivity contribution in [3.63, 3.8) is 0 Å². The van der Waals surface area contributed by atoms with Gasteiger partial charge in [-0.3, -0.25) is 0 Å². The number of imidazole rings is 1. The number of aliphatic hydroxyl groups is 1. The van der Waals surface area contributed by atoms with E-state index in [0.717, 1.165) is 37.1 Å². The van der Waals surface area contributed by atoms with Crippen LogP contribution >= 0.6 is 0 Å². The molecule has 108 valence electrons. The van der Waals surface area contributed by atoms with Crippen LogP contribution in [0, 0.1) is 0 Å². The number of aliphatic hydroxyl groups excluding tert-OH is 1. The summed E-state index contributed by atoms with van der Waals surface area (Å²) in [5, 5.41) is 13.3. The Kier molecular flexibility index (Phi) is 3.76. The summed E-state index contributed by atoms with van der Waals surface area (Å²) in [7, 11) is 0. The van der Waals surface area contributed by atoms with Gasteiger partial charge in [0.25, 0.3) is 0 Å². The Hall–Kier alpha value is -1.39. The lowest BCUT2D eigenvalue weighted by Crippen LogP contribution is -2.35. The van der Waals surface area contributed by atoms with Gasteiger partial charge in [-0.1, -0.05) is 19.9 Å². The van der Waals surface area contributed by atoms with Gasteiger partial charge in [0.05, 0.1) is 11.8 Å². The van der Waals surface area contributed by atoms with Crippen molar-refractivity contribution in [1.82, 2.24) is 14.7 Å². The summed E-state index contributed by atoms with van der Waals surface area (Å²) in [6.07, 6.45) is 7.18. The molecule has 2 aromatic rings. The number of nitrogens with zero attached hydrogens (tertiary/aromatic N) is 2. The molecule has 0 saturated heterocycles. The normalized spacial score (nSPS) is 23.0. The highest BCUT2D eigenvalue weighted by Crippen LogP contribution is 2.19. The van der Waals surface area contributed by atoms with E-state index in [0.29, 0.717) is 5.92 Å². The minimum absolute atomic E-state index is 0.181. The maximum atomic E-state index is 9.83. The summed E-state index contributed by atoms with van der Waals surface area (Å²) in [5.74, 6) is 0.449. The van der Waals surface area contributed by atoms with E-state index in [1.54, 1.807) is 0 Å². The van der Waals surface area contributed by atoms with Crippen LogP contribution in [0.4, 0.5) is 0 Å². The predicted molar refractivity (Wildman–Crippen MR) is 79.8 cm³/mol. The summed E-state index contributed by atoms with van der Waals surface area (Å²) in [4.78, 5) is 4.61. The molecule has 0 aromatic carbocycles. The van der Waals surface area contributed by atoms with Gasteiger partial charge in [-0.2, -0.15) is 0 Å². The molecule has 4 heteroatoms. The molecule has 0 bridgehead atoms. The third-order valence-corrected chi connectivity index (χ3v) is 4.17. The van der Waals surface area contributed by atoms with Crippen LogP contribution in [0.25, 0.3) is 5.65 Å². The zero-order chi connectivity index (χ0) is 14.1. The van der Waals surface area contributed by atoms with Crippen LogP contribution in [-0.2, 0) is 6.54 Å². The Morgan fingerprint density at radius 2 is 2.20 bits per heavy atom. The smallest absolute Gasteiger partial charge is 0.137 e. The Balaban J connectivity index is 1.72. The molecule has 0 amide bonds. The fourth-order valence-corrected chi connectivity index (χ4v) is 2.87. The Labute approximate surface area is 119 Å². The van der Waals surface area contributed by atoms with Crippen molar-refractivity contribution in [2.45, 2.75) is 57.7 Å². The van der Waals surface area contributed by atoms with Crippen LogP contribution in [0.5, 0.6) is 0 Å². The van der Waals surface area contributed by atoms with Gasteiger partial charge in [0.15, 0.2) is 0 Å². The van der Waals surface area contributed by atoms with Gasteiger partial charge in [-0.25, -0.2) is 4.98 Å². The van der Waals surface area contributed by atoms with Gasteiger partial charge in [0.2, 0.25) is 0 Å². The first-order valence-electron chi connectivity index (χ1n) is 7.52. The predicted octanol–water partition coefficient (Wildman–Crippen LogP) is 2.46. The van der Waals surface area contributed by atoms with Crippen molar-refractivity contribution in [1.29, 1.82) is 0 Å². The average molecular weight is 273 g/mol. The first-order valence-corrected chi connectivity index (χ1v) is 7.52. The van der Waals surface area contributed by atoms with Crippen molar-refractivity contribution in [2.24, 2.45) is 0 Å². The van der Waals surface area contributed by atoms with E-state index in [1.807, 2.05) is 0 Å². The van der Waals surface area contributed by atoms with Gasteiger partial charge < -0.3 is 14.8 Å². The molecule has 0 spiro atoms. The van der Waals surface area contributed by atoms with Crippen molar-refractivity contribution in [2.75, 3.05) is 0 Å². The van der Waals surface area contributed by atoms with Crippen LogP contribution in [0.3, 0.4) is 0 Å². The molecule has 2 heterocycles. The lowest BCUT2D eigenvalue weighted by molar-refractivity contribution is 0.148. The minimum atomic E-state index is -0.181. The maximum Gasteiger partial charge on any atom is 0.137 e. The van der Waals surface area contributed by atoms with E-state index >= 15 is 0 Å². The standard InChI is InChI=1S/C16H23N3O/c1-11(2)14-10-19-9-12(6-7-16(19)18-14)8-17-13-4-3-5-15(13)20/h6-7,9-11,13,15,17,20H,3-5,8H2,1-2H3/t13-,15-/m0/s1. The van der Waals surface area contributed by atoms with Crippen molar-refractivity contribution in [3.05, 3.63) is 35.8 Å². The molecule has 1 aliphatic carbocycles. The van der Waals surface area contributed by atoms with Crippen LogP contribution < -0.4 is 5.32 Å². The number of fused-ring (bicyclic) bond motifs is 1. The third-order valence-electron chi connectivity index (χ3n) is 4.17. The Morgan fingerprint density at radius 1 is 1.35 bits per heavy atom. The van der Waals surface area contributed by atoms with Gasteiger partial charge in [-0.15, -0.1) is 0 Å². The SMILES string of the molecule is CC(C)c1cn2cc(CN[C@H]3CCC[C@@H]3O)ccc2n1. The first kappa shape index (κ1) is 13.6. The Morgan fingerprint density at radius 3 is 2.90 bits per heavy atom. The van der Waals surface area contributed by atoms with Crippen LogP contribution in [0.15, 0.2) is 24.5 Å². The third kappa shape index (κ3) is 2.72. The van der Waals surface area contributed by atoms with E-state index in [9.17, 15) is 5.11 Å². The molecule has 2 atom stereocenters. The van der Waals surface area contributed by atoms with Crippen molar-refractivity contribution in [3.8, 4) is 0 Å². The molecule has 0 radical (unpaired) electrons. The molecule has 0 unspecified atom stereocenters. The second-order valence-electron chi connectivity index (χ2n) is 6.11. The summed E-state index contributed by atoms with van der Waals surface area (Å²) in [6.45, 7) is 5.12. The molecular formula is C16H23N3O. The molecule has 2 N–H and O–H groups in total. The van der Waals surface area contributed by atoms with Gasteiger partial charge in [0.1, 0.15) is 5.65 Å². The molecule has 1 saturated carbocycles. The molecule has 0 aliphatic heterocycles. The minimum Gasteiger partial charge on any atom is -0.392 e. The lowest BCUT2D eigenvalue weighted by Gasteiger charge is -2.16. The van der Waals surface area contributed by atoms with E-state index in [2.05, 4.69) is 53.1 Å².